The summed E-state index contributed by atoms with van der Waals surface area (Å²) >= 11 is 0. The lowest BCUT2D eigenvalue weighted by molar-refractivity contribution is -0.137. The van der Waals surface area contributed by atoms with Gasteiger partial charge in [0.25, 0.3) is 11.6 Å². The topological polar surface area (TPSA) is 59.2 Å². The van der Waals surface area contributed by atoms with Gasteiger partial charge in [0.1, 0.15) is 0 Å². The number of amides is 1. The number of halogens is 3. The smallest absolute Gasteiger partial charge is 0.335 e. The van der Waals surface area contributed by atoms with E-state index in [1.807, 2.05) is 4.90 Å². The Labute approximate surface area is 177 Å². The molecule has 31 heavy (non-hydrogen) atoms. The molecule has 1 atom stereocenters. The van der Waals surface area contributed by atoms with Crippen LogP contribution in [-0.2, 0) is 6.18 Å². The lowest BCUT2D eigenvalue weighted by atomic mass is 9.99. The molecule has 2 aliphatic carbocycles. The summed E-state index contributed by atoms with van der Waals surface area (Å²) in [6.07, 6.45) is -0.456. The number of pyridine rings is 1. The molecule has 1 unspecified atom stereocenters. The molecule has 0 spiro atoms. The zero-order chi connectivity index (χ0) is 21.9. The molecule has 3 aromatic rings. The molecular formula is C23H22F3N3O2. The first kappa shape index (κ1) is 20.0. The maximum Gasteiger partial charge on any atom is 0.417 e. The van der Waals surface area contributed by atoms with E-state index in [1.165, 1.54) is 24.3 Å². The van der Waals surface area contributed by atoms with E-state index in [2.05, 4.69) is 17.1 Å². The van der Waals surface area contributed by atoms with E-state index in [4.69, 9.17) is 4.52 Å². The number of aryl methyl sites for hydroxylation is 1. The molecular weight excluding hydrogens is 407 g/mol. The maximum atomic E-state index is 13.7. The van der Waals surface area contributed by atoms with Gasteiger partial charge in [0, 0.05) is 17.6 Å². The molecule has 2 aromatic heterocycles. The summed E-state index contributed by atoms with van der Waals surface area (Å²) in [5.74, 6) is 0.294. The first-order chi connectivity index (χ1) is 14.8. The largest absolute Gasteiger partial charge is 0.417 e. The number of rotatable bonds is 5. The number of fused-ring (bicyclic) bond motifs is 1. The minimum Gasteiger partial charge on any atom is -0.335 e. The van der Waals surface area contributed by atoms with Crippen LogP contribution in [0.1, 0.15) is 54.2 Å². The monoisotopic (exact) mass is 429 g/mol. The van der Waals surface area contributed by atoms with Crippen molar-refractivity contribution in [2.45, 2.75) is 57.8 Å². The van der Waals surface area contributed by atoms with Gasteiger partial charge in [-0.2, -0.15) is 13.2 Å². The van der Waals surface area contributed by atoms with Crippen LogP contribution in [0.15, 0.2) is 34.9 Å². The number of carbonyl (C=O) groups is 1. The van der Waals surface area contributed by atoms with Gasteiger partial charge < -0.3 is 9.42 Å². The van der Waals surface area contributed by atoms with Crippen molar-refractivity contribution >= 4 is 17.0 Å². The summed E-state index contributed by atoms with van der Waals surface area (Å²) in [6.45, 7) is 3.77. The highest BCUT2D eigenvalue weighted by molar-refractivity contribution is 6.07. The van der Waals surface area contributed by atoms with Crippen molar-refractivity contribution in [2.75, 3.05) is 0 Å². The third-order valence-electron chi connectivity index (χ3n) is 6.27. The summed E-state index contributed by atoms with van der Waals surface area (Å²) in [5.41, 5.74) is 0.0291. The minimum atomic E-state index is -4.55. The van der Waals surface area contributed by atoms with Crippen molar-refractivity contribution in [2.24, 2.45) is 5.92 Å². The first-order valence-corrected chi connectivity index (χ1v) is 10.5. The standard InChI is InChI=1S/C23H22F3N3O2/c1-12-20-17(22(30)29(15-9-10-15)13(2)14-7-8-14)11-19(27-21(20)31-28-12)16-5-3-4-6-18(16)23(24,25)26/h3-6,11,13-15H,7-10H2,1-2H3. The molecule has 0 saturated heterocycles. The summed E-state index contributed by atoms with van der Waals surface area (Å²) in [4.78, 5) is 19.9. The van der Waals surface area contributed by atoms with E-state index in [0.717, 1.165) is 31.7 Å². The summed E-state index contributed by atoms with van der Waals surface area (Å²) in [6, 6.07) is 6.97. The Hall–Kier alpha value is -2.90. The first-order valence-electron chi connectivity index (χ1n) is 10.5. The quantitative estimate of drug-likeness (QED) is 0.528. The predicted octanol–water partition coefficient (Wildman–Crippen LogP) is 5.62. The molecule has 2 heterocycles. The van der Waals surface area contributed by atoms with Crippen LogP contribution >= 0.6 is 0 Å². The molecule has 8 heteroatoms. The van der Waals surface area contributed by atoms with Crippen LogP contribution in [-0.4, -0.2) is 33.0 Å². The van der Waals surface area contributed by atoms with Gasteiger partial charge in [-0.1, -0.05) is 23.4 Å². The maximum absolute atomic E-state index is 13.7. The lowest BCUT2D eigenvalue weighted by Gasteiger charge is -2.30. The van der Waals surface area contributed by atoms with Crippen LogP contribution in [0, 0.1) is 12.8 Å². The highest BCUT2D eigenvalue weighted by Gasteiger charge is 2.43. The number of carbonyl (C=O) groups excluding carboxylic acids is 1. The summed E-state index contributed by atoms with van der Waals surface area (Å²) < 4.78 is 46.1. The number of alkyl halides is 3. The molecule has 0 aliphatic heterocycles. The van der Waals surface area contributed by atoms with Crippen LogP contribution in [0.4, 0.5) is 13.2 Å². The molecule has 2 saturated carbocycles. The Morgan fingerprint density at radius 1 is 1.19 bits per heavy atom. The van der Waals surface area contributed by atoms with Crippen molar-refractivity contribution in [3.63, 3.8) is 0 Å². The fraction of sp³-hybridized carbons (Fsp3) is 0.435. The number of hydrogen-bond donors (Lipinski definition) is 0. The number of benzene rings is 1. The average molecular weight is 429 g/mol. The second-order valence-corrected chi connectivity index (χ2v) is 8.57. The summed E-state index contributed by atoms with van der Waals surface area (Å²) in [7, 11) is 0. The lowest BCUT2D eigenvalue weighted by Crippen LogP contribution is -2.41. The Kier molecular flexibility index (Phi) is 4.57. The number of hydrogen-bond acceptors (Lipinski definition) is 4. The Morgan fingerprint density at radius 3 is 2.55 bits per heavy atom. The van der Waals surface area contributed by atoms with Crippen LogP contribution in [0.25, 0.3) is 22.4 Å². The second kappa shape index (κ2) is 7.07. The molecule has 0 N–H and O–H groups in total. The van der Waals surface area contributed by atoms with E-state index >= 15 is 0 Å². The van der Waals surface area contributed by atoms with Gasteiger partial charge in [0.05, 0.1) is 27.9 Å². The van der Waals surface area contributed by atoms with Crippen LogP contribution in [0.3, 0.4) is 0 Å². The van der Waals surface area contributed by atoms with Crippen LogP contribution in [0.2, 0.25) is 0 Å². The van der Waals surface area contributed by atoms with Gasteiger partial charge in [-0.15, -0.1) is 0 Å². The fourth-order valence-electron chi connectivity index (χ4n) is 4.34. The van der Waals surface area contributed by atoms with Gasteiger partial charge >= 0.3 is 6.18 Å². The average Bonchev–Trinajstić information content (AvgIpc) is 3.65. The van der Waals surface area contributed by atoms with Gasteiger partial charge in [-0.05, 0) is 57.6 Å². The normalized spacial score (nSPS) is 17.7. The van der Waals surface area contributed by atoms with E-state index in [9.17, 15) is 18.0 Å². The van der Waals surface area contributed by atoms with E-state index in [0.29, 0.717) is 22.6 Å². The molecule has 0 bridgehead atoms. The van der Waals surface area contributed by atoms with Crippen LogP contribution < -0.4 is 0 Å². The van der Waals surface area contributed by atoms with Crippen molar-refractivity contribution in [1.29, 1.82) is 0 Å². The van der Waals surface area contributed by atoms with Crippen molar-refractivity contribution in [3.05, 3.63) is 47.2 Å². The Bertz CT molecular complexity index is 1160. The fourth-order valence-corrected chi connectivity index (χ4v) is 4.34. The molecule has 5 rings (SSSR count). The predicted molar refractivity (Wildman–Crippen MR) is 108 cm³/mol. The van der Waals surface area contributed by atoms with Crippen LogP contribution in [0.5, 0.6) is 0 Å². The van der Waals surface area contributed by atoms with Gasteiger partial charge in [-0.25, -0.2) is 4.98 Å². The molecule has 1 aromatic carbocycles. The third kappa shape index (κ3) is 3.58. The molecule has 2 fully saturated rings. The van der Waals surface area contributed by atoms with Crippen molar-refractivity contribution in [3.8, 4) is 11.3 Å². The highest BCUT2D eigenvalue weighted by Crippen LogP contribution is 2.42. The second-order valence-electron chi connectivity index (χ2n) is 8.57. The molecule has 162 valence electrons. The highest BCUT2D eigenvalue weighted by atomic mass is 19.4. The SMILES string of the molecule is Cc1noc2nc(-c3ccccc3C(F)(F)F)cc(C(=O)N(C3CC3)C(C)C3CC3)c12. The van der Waals surface area contributed by atoms with Gasteiger partial charge in [0.2, 0.25) is 0 Å². The molecule has 1 amide bonds. The van der Waals surface area contributed by atoms with E-state index < -0.39 is 11.7 Å². The molecule has 5 nitrogen and oxygen atoms in total. The Morgan fingerprint density at radius 2 is 1.90 bits per heavy atom. The van der Waals surface area contributed by atoms with Gasteiger partial charge in [-0.3, -0.25) is 4.79 Å². The third-order valence-corrected chi connectivity index (χ3v) is 6.27. The summed E-state index contributed by atoms with van der Waals surface area (Å²) in [5, 5.41) is 4.39. The molecule has 0 radical (unpaired) electrons. The van der Waals surface area contributed by atoms with Crippen molar-refractivity contribution in [1.82, 2.24) is 15.0 Å². The van der Waals surface area contributed by atoms with E-state index in [-0.39, 0.29) is 35.0 Å². The number of nitrogens with zero attached hydrogens (tertiary/aromatic N) is 3. The zero-order valence-corrected chi connectivity index (χ0v) is 17.2. The minimum absolute atomic E-state index is 0.0507. The van der Waals surface area contributed by atoms with Gasteiger partial charge in [0.15, 0.2) is 0 Å². The van der Waals surface area contributed by atoms with Crippen molar-refractivity contribution < 1.29 is 22.5 Å². The Balaban J connectivity index is 1.67. The number of aromatic nitrogens is 2. The van der Waals surface area contributed by atoms with E-state index in [1.54, 1.807) is 6.92 Å². The molecule has 2 aliphatic rings. The zero-order valence-electron chi connectivity index (χ0n) is 17.2.